The van der Waals surface area contributed by atoms with Gasteiger partial charge < -0.3 is 19.5 Å². The molecule has 1 atom stereocenters. The van der Waals surface area contributed by atoms with Crippen molar-refractivity contribution in [3.05, 3.63) is 30.3 Å². The van der Waals surface area contributed by atoms with Crippen molar-refractivity contribution in [1.82, 2.24) is 5.32 Å². The maximum Gasteiger partial charge on any atom is 0.413 e. The second-order valence-electron chi connectivity index (χ2n) is 3.70. The minimum absolute atomic E-state index is 0.312. The molecule has 1 N–H and O–H groups in total. The number of hydrogen-bond acceptors (Lipinski definition) is 6. The Balaban J connectivity index is 2.62. The molecule has 0 aromatic heterocycles. The zero-order valence-corrected chi connectivity index (χ0v) is 11.1. The topological polar surface area (TPSA) is 90.9 Å². The molecule has 0 saturated carbocycles. The second-order valence-corrected chi connectivity index (χ2v) is 3.70. The van der Waals surface area contributed by atoms with Gasteiger partial charge in [0.15, 0.2) is 0 Å². The third kappa shape index (κ3) is 4.97. The van der Waals surface area contributed by atoms with Gasteiger partial charge in [-0.3, -0.25) is 4.79 Å². The van der Waals surface area contributed by atoms with Crippen molar-refractivity contribution in [1.29, 1.82) is 0 Å². The van der Waals surface area contributed by atoms with Gasteiger partial charge in [-0.25, -0.2) is 9.59 Å². The highest BCUT2D eigenvalue weighted by Gasteiger charge is 2.25. The Hall–Kier alpha value is -2.57. The van der Waals surface area contributed by atoms with E-state index in [1.165, 1.54) is 7.11 Å². The van der Waals surface area contributed by atoms with Crippen LogP contribution in [0.2, 0.25) is 0 Å². The molecule has 1 aromatic rings. The molecule has 0 aliphatic heterocycles. The molecule has 0 spiro atoms. The van der Waals surface area contributed by atoms with E-state index in [2.05, 4.69) is 14.8 Å². The summed E-state index contributed by atoms with van der Waals surface area (Å²) in [6, 6.07) is 7.13. The van der Waals surface area contributed by atoms with E-state index in [-0.39, 0.29) is 6.42 Å². The van der Waals surface area contributed by atoms with E-state index < -0.39 is 24.1 Å². The minimum Gasteiger partial charge on any atom is -0.469 e. The number of hydrogen-bond donors (Lipinski definition) is 1. The number of carbonyl (C=O) groups excluding carboxylic acids is 3. The summed E-state index contributed by atoms with van der Waals surface area (Å²) in [5.41, 5.74) is 0. The summed E-state index contributed by atoms with van der Waals surface area (Å²) in [5.74, 6) is -1.10. The van der Waals surface area contributed by atoms with Crippen LogP contribution in [0.3, 0.4) is 0 Å². The number of benzene rings is 1. The maximum atomic E-state index is 11.6. The van der Waals surface area contributed by atoms with Crippen LogP contribution in [0, 0.1) is 0 Å². The molecule has 0 heterocycles. The monoisotopic (exact) mass is 281 g/mol. The Morgan fingerprint density at radius 3 is 2.30 bits per heavy atom. The molecule has 0 aliphatic rings. The molecule has 0 unspecified atom stereocenters. The lowest BCUT2D eigenvalue weighted by Crippen LogP contribution is -2.44. The molecule has 0 fully saturated rings. The molecule has 1 rings (SSSR count). The van der Waals surface area contributed by atoms with Crippen molar-refractivity contribution in [2.45, 2.75) is 12.5 Å². The van der Waals surface area contributed by atoms with Crippen molar-refractivity contribution in [2.24, 2.45) is 0 Å². The van der Waals surface area contributed by atoms with Crippen molar-refractivity contribution in [3.8, 4) is 5.75 Å². The van der Waals surface area contributed by atoms with Crippen LogP contribution in [0.25, 0.3) is 0 Å². The lowest BCUT2D eigenvalue weighted by molar-refractivity contribution is -0.149. The lowest BCUT2D eigenvalue weighted by Gasteiger charge is -2.15. The first-order valence-electron chi connectivity index (χ1n) is 5.75. The number of rotatable bonds is 5. The quantitative estimate of drug-likeness (QED) is 0.806. The van der Waals surface area contributed by atoms with Crippen LogP contribution >= 0.6 is 0 Å². The molecule has 7 heteroatoms. The van der Waals surface area contributed by atoms with Crippen LogP contribution in [-0.4, -0.2) is 38.3 Å². The number of esters is 2. The van der Waals surface area contributed by atoms with Gasteiger partial charge in [0.25, 0.3) is 0 Å². The van der Waals surface area contributed by atoms with Crippen LogP contribution < -0.4 is 10.1 Å². The van der Waals surface area contributed by atoms with Crippen LogP contribution in [-0.2, 0) is 19.1 Å². The second kappa shape index (κ2) is 7.78. The zero-order chi connectivity index (χ0) is 15.0. The highest BCUT2D eigenvalue weighted by atomic mass is 16.6. The number of carbonyl (C=O) groups is 3. The van der Waals surface area contributed by atoms with Gasteiger partial charge in [-0.05, 0) is 12.1 Å². The van der Waals surface area contributed by atoms with Crippen molar-refractivity contribution in [3.63, 3.8) is 0 Å². The molecular weight excluding hydrogens is 266 g/mol. The molecule has 108 valence electrons. The highest BCUT2D eigenvalue weighted by Crippen LogP contribution is 2.08. The highest BCUT2D eigenvalue weighted by molar-refractivity contribution is 5.86. The average Bonchev–Trinajstić information content (AvgIpc) is 2.46. The van der Waals surface area contributed by atoms with E-state index in [1.807, 2.05) is 0 Å². The summed E-state index contributed by atoms with van der Waals surface area (Å²) in [5, 5.41) is 2.24. The fraction of sp³-hybridized carbons (Fsp3) is 0.308. The van der Waals surface area contributed by atoms with Gasteiger partial charge >= 0.3 is 18.0 Å². The van der Waals surface area contributed by atoms with Crippen molar-refractivity contribution < 1.29 is 28.6 Å². The summed E-state index contributed by atoms with van der Waals surface area (Å²) < 4.78 is 13.9. The van der Waals surface area contributed by atoms with Gasteiger partial charge in [-0.2, -0.15) is 0 Å². The van der Waals surface area contributed by atoms with Crippen LogP contribution in [0.15, 0.2) is 30.3 Å². The van der Waals surface area contributed by atoms with Gasteiger partial charge in [-0.1, -0.05) is 18.2 Å². The Labute approximate surface area is 115 Å². The number of amides is 1. The Bertz CT molecular complexity index is 473. The molecule has 0 aliphatic carbocycles. The number of para-hydroxylation sites is 1. The van der Waals surface area contributed by atoms with Gasteiger partial charge in [0, 0.05) is 0 Å². The lowest BCUT2D eigenvalue weighted by atomic mass is 10.2. The molecule has 0 bridgehead atoms. The SMILES string of the molecule is COC(=O)C[C@H](NC(=O)Oc1ccccc1)C(=O)OC. The number of ether oxygens (including phenoxy) is 3. The first kappa shape index (κ1) is 15.5. The van der Waals surface area contributed by atoms with Crippen molar-refractivity contribution in [2.75, 3.05) is 14.2 Å². The standard InChI is InChI=1S/C13H15NO6/c1-18-11(15)8-10(12(16)19-2)14-13(17)20-9-6-4-3-5-7-9/h3-7,10H,8H2,1-2H3,(H,14,17)/t10-/m0/s1. The summed E-state index contributed by atoms with van der Waals surface area (Å²) in [6.45, 7) is 0. The van der Waals surface area contributed by atoms with E-state index in [9.17, 15) is 14.4 Å². The normalized spacial score (nSPS) is 11.1. The molecular formula is C13H15NO6. The van der Waals surface area contributed by atoms with Crippen LogP contribution in [0.1, 0.15) is 6.42 Å². The van der Waals surface area contributed by atoms with E-state index in [0.29, 0.717) is 5.75 Å². The van der Waals surface area contributed by atoms with Gasteiger partial charge in [-0.15, -0.1) is 0 Å². The third-order valence-electron chi connectivity index (χ3n) is 2.33. The van der Waals surface area contributed by atoms with E-state index in [1.54, 1.807) is 30.3 Å². The smallest absolute Gasteiger partial charge is 0.413 e. The first-order chi connectivity index (χ1) is 9.56. The predicted molar refractivity (Wildman–Crippen MR) is 68.0 cm³/mol. The maximum absolute atomic E-state index is 11.6. The molecule has 7 nitrogen and oxygen atoms in total. The number of nitrogens with one attached hydrogen (secondary N) is 1. The fourth-order valence-corrected chi connectivity index (χ4v) is 1.35. The minimum atomic E-state index is -1.16. The zero-order valence-electron chi connectivity index (χ0n) is 11.1. The predicted octanol–water partition coefficient (Wildman–Crippen LogP) is 0.880. The summed E-state index contributed by atoms with van der Waals surface area (Å²) in [6.07, 6.45) is -1.21. The van der Waals surface area contributed by atoms with Gasteiger partial charge in [0.05, 0.1) is 20.6 Å². The summed E-state index contributed by atoms with van der Waals surface area (Å²) in [7, 11) is 2.33. The van der Waals surface area contributed by atoms with Crippen LogP contribution in [0.4, 0.5) is 4.79 Å². The summed E-state index contributed by atoms with van der Waals surface area (Å²) >= 11 is 0. The summed E-state index contributed by atoms with van der Waals surface area (Å²) in [4.78, 5) is 34.2. The third-order valence-corrected chi connectivity index (χ3v) is 2.33. The first-order valence-corrected chi connectivity index (χ1v) is 5.75. The largest absolute Gasteiger partial charge is 0.469 e. The number of methoxy groups -OCH3 is 2. The molecule has 0 saturated heterocycles. The molecule has 1 aromatic carbocycles. The van der Waals surface area contributed by atoms with E-state index >= 15 is 0 Å². The average molecular weight is 281 g/mol. The van der Waals surface area contributed by atoms with Crippen molar-refractivity contribution >= 4 is 18.0 Å². The Morgan fingerprint density at radius 2 is 1.75 bits per heavy atom. The molecule has 1 amide bonds. The van der Waals surface area contributed by atoms with Crippen LogP contribution in [0.5, 0.6) is 5.75 Å². The van der Waals surface area contributed by atoms with Gasteiger partial charge in [0.1, 0.15) is 11.8 Å². The fourth-order valence-electron chi connectivity index (χ4n) is 1.35. The van der Waals surface area contributed by atoms with E-state index in [4.69, 9.17) is 4.74 Å². The molecule has 20 heavy (non-hydrogen) atoms. The van der Waals surface area contributed by atoms with E-state index in [0.717, 1.165) is 7.11 Å². The van der Waals surface area contributed by atoms with Gasteiger partial charge in [0.2, 0.25) is 0 Å². The Kier molecular flexibility index (Phi) is 6.02. The Morgan fingerprint density at radius 1 is 1.10 bits per heavy atom. The molecule has 0 radical (unpaired) electrons.